The molecule has 0 bridgehead atoms. The van der Waals surface area contributed by atoms with Crippen molar-refractivity contribution in [1.29, 1.82) is 0 Å². The average Bonchev–Trinajstić information content (AvgIpc) is 3.13. The summed E-state index contributed by atoms with van der Waals surface area (Å²) in [6.45, 7) is 7.17. The van der Waals surface area contributed by atoms with Gasteiger partial charge >= 0.3 is 0 Å². The fourth-order valence-electron chi connectivity index (χ4n) is 4.26. The minimum Gasteiger partial charge on any atom is -0.492 e. The lowest BCUT2D eigenvalue weighted by molar-refractivity contribution is 0.102. The van der Waals surface area contributed by atoms with Gasteiger partial charge in [-0.2, -0.15) is 4.31 Å². The molecule has 1 N–H and O–H groups in total. The second-order valence-corrected chi connectivity index (χ2v) is 10.4. The van der Waals surface area contributed by atoms with Crippen molar-refractivity contribution >= 4 is 21.6 Å². The predicted octanol–water partition coefficient (Wildman–Crippen LogP) is 4.14. The molecule has 2 aliphatic rings. The molecule has 1 amide bonds. The van der Waals surface area contributed by atoms with E-state index < -0.39 is 10.0 Å². The fourth-order valence-corrected chi connectivity index (χ4v) is 5.81. The first-order valence-electron chi connectivity index (χ1n) is 11.2. The molecule has 1 fully saturated rings. The Morgan fingerprint density at radius 2 is 1.94 bits per heavy atom. The van der Waals surface area contributed by atoms with Crippen LogP contribution >= 0.6 is 0 Å². The maximum absolute atomic E-state index is 13.2. The third-order valence-electron chi connectivity index (χ3n) is 5.95. The van der Waals surface area contributed by atoms with E-state index in [9.17, 15) is 13.2 Å². The quantitative estimate of drug-likeness (QED) is 0.703. The minimum atomic E-state index is -3.63. The van der Waals surface area contributed by atoms with E-state index in [0.29, 0.717) is 42.3 Å². The number of hydrogen-bond acceptors (Lipinski definition) is 5. The van der Waals surface area contributed by atoms with E-state index in [0.717, 1.165) is 37.0 Å². The molecule has 0 unspecified atom stereocenters. The number of sulfonamides is 1. The van der Waals surface area contributed by atoms with Crippen LogP contribution in [0.5, 0.6) is 11.5 Å². The van der Waals surface area contributed by atoms with E-state index in [-0.39, 0.29) is 16.9 Å². The summed E-state index contributed by atoms with van der Waals surface area (Å²) in [5.41, 5.74) is 2.57. The SMILES string of the molecule is CCOc1cc2c(cc1NC(=O)c1cc(S(=O)(=O)N3CCCCC3)ccc1C)O[C@H](C)C2. The molecule has 0 saturated carbocycles. The third kappa shape index (κ3) is 4.47. The van der Waals surface area contributed by atoms with Crippen molar-refractivity contribution in [2.24, 2.45) is 0 Å². The van der Waals surface area contributed by atoms with E-state index in [2.05, 4.69) is 5.32 Å². The molecule has 1 saturated heterocycles. The first-order chi connectivity index (χ1) is 15.3. The van der Waals surface area contributed by atoms with Crippen LogP contribution in [0.3, 0.4) is 0 Å². The van der Waals surface area contributed by atoms with Crippen LogP contribution in [-0.4, -0.2) is 44.4 Å². The summed E-state index contributed by atoms with van der Waals surface area (Å²) in [7, 11) is -3.63. The maximum Gasteiger partial charge on any atom is 0.256 e. The Balaban J connectivity index is 1.63. The lowest BCUT2D eigenvalue weighted by Gasteiger charge is -2.26. The van der Waals surface area contributed by atoms with Crippen LogP contribution < -0.4 is 14.8 Å². The number of aryl methyl sites for hydroxylation is 1. The topological polar surface area (TPSA) is 84.9 Å². The van der Waals surface area contributed by atoms with Crippen molar-refractivity contribution in [3.05, 3.63) is 47.0 Å². The highest BCUT2D eigenvalue weighted by Gasteiger charge is 2.28. The molecule has 2 aromatic rings. The molecule has 1 atom stereocenters. The number of carbonyl (C=O) groups excluding carboxylic acids is 1. The van der Waals surface area contributed by atoms with Gasteiger partial charge in [-0.05, 0) is 57.4 Å². The van der Waals surface area contributed by atoms with Gasteiger partial charge in [0.05, 0.1) is 17.2 Å². The van der Waals surface area contributed by atoms with Gasteiger partial charge in [0, 0.05) is 36.7 Å². The number of fused-ring (bicyclic) bond motifs is 1. The molecule has 0 aliphatic carbocycles. The zero-order valence-electron chi connectivity index (χ0n) is 18.8. The summed E-state index contributed by atoms with van der Waals surface area (Å²) >= 11 is 0. The summed E-state index contributed by atoms with van der Waals surface area (Å²) in [6, 6.07) is 8.42. The number of amides is 1. The predicted molar refractivity (Wildman–Crippen MR) is 123 cm³/mol. The fraction of sp³-hybridized carbons (Fsp3) is 0.458. The van der Waals surface area contributed by atoms with Crippen LogP contribution in [0.2, 0.25) is 0 Å². The molecule has 0 spiro atoms. The van der Waals surface area contributed by atoms with Gasteiger partial charge in [-0.3, -0.25) is 4.79 Å². The van der Waals surface area contributed by atoms with Crippen LogP contribution in [0.25, 0.3) is 0 Å². The monoisotopic (exact) mass is 458 g/mol. The van der Waals surface area contributed by atoms with E-state index in [4.69, 9.17) is 9.47 Å². The Hall–Kier alpha value is -2.58. The number of benzene rings is 2. The molecule has 8 heteroatoms. The molecule has 0 aromatic heterocycles. The van der Waals surface area contributed by atoms with E-state index >= 15 is 0 Å². The largest absolute Gasteiger partial charge is 0.492 e. The molecular weight excluding hydrogens is 428 g/mol. The smallest absolute Gasteiger partial charge is 0.256 e. The van der Waals surface area contributed by atoms with E-state index in [1.54, 1.807) is 25.1 Å². The molecule has 32 heavy (non-hydrogen) atoms. The Morgan fingerprint density at radius 3 is 2.66 bits per heavy atom. The minimum absolute atomic E-state index is 0.0735. The highest BCUT2D eigenvalue weighted by atomic mass is 32.2. The van der Waals surface area contributed by atoms with Gasteiger partial charge in [-0.15, -0.1) is 0 Å². The van der Waals surface area contributed by atoms with Crippen LogP contribution in [0.4, 0.5) is 5.69 Å². The summed E-state index contributed by atoms with van der Waals surface area (Å²) < 4.78 is 39.3. The van der Waals surface area contributed by atoms with Gasteiger partial charge in [-0.25, -0.2) is 8.42 Å². The Labute approximate surface area is 189 Å². The van der Waals surface area contributed by atoms with Crippen molar-refractivity contribution < 1.29 is 22.7 Å². The normalized spacial score (nSPS) is 18.7. The van der Waals surface area contributed by atoms with Gasteiger partial charge < -0.3 is 14.8 Å². The Morgan fingerprint density at radius 1 is 1.19 bits per heavy atom. The van der Waals surface area contributed by atoms with Gasteiger partial charge in [-0.1, -0.05) is 12.5 Å². The number of ether oxygens (including phenoxy) is 2. The summed E-state index contributed by atoms with van der Waals surface area (Å²) in [5, 5.41) is 2.90. The molecule has 4 rings (SSSR count). The Bertz CT molecular complexity index is 1120. The van der Waals surface area contributed by atoms with Crippen molar-refractivity contribution in [3.8, 4) is 11.5 Å². The number of nitrogens with zero attached hydrogens (tertiary/aromatic N) is 1. The van der Waals surface area contributed by atoms with Gasteiger partial charge in [0.25, 0.3) is 5.91 Å². The molecule has 172 valence electrons. The highest BCUT2D eigenvalue weighted by Crippen LogP contribution is 2.38. The zero-order chi connectivity index (χ0) is 22.9. The number of anilines is 1. The lowest BCUT2D eigenvalue weighted by atomic mass is 10.1. The number of carbonyl (C=O) groups is 1. The molecule has 2 aliphatic heterocycles. The second kappa shape index (κ2) is 9.11. The average molecular weight is 459 g/mol. The van der Waals surface area contributed by atoms with Crippen LogP contribution in [-0.2, 0) is 16.4 Å². The number of nitrogens with one attached hydrogen (secondary N) is 1. The molecule has 0 radical (unpaired) electrons. The highest BCUT2D eigenvalue weighted by molar-refractivity contribution is 7.89. The second-order valence-electron chi connectivity index (χ2n) is 8.42. The lowest BCUT2D eigenvalue weighted by Crippen LogP contribution is -2.35. The summed E-state index contributed by atoms with van der Waals surface area (Å²) in [5.74, 6) is 0.923. The van der Waals surface area contributed by atoms with Crippen LogP contribution in [0, 0.1) is 6.92 Å². The summed E-state index contributed by atoms with van der Waals surface area (Å²) in [4.78, 5) is 13.3. The molecule has 2 heterocycles. The van der Waals surface area contributed by atoms with Gasteiger partial charge in [0.15, 0.2) is 0 Å². The van der Waals surface area contributed by atoms with Gasteiger partial charge in [0.2, 0.25) is 10.0 Å². The standard InChI is InChI=1S/C24H30N2O5S/c1-4-30-23-13-18-12-17(3)31-22(18)15-21(23)25-24(27)20-14-19(9-8-16(20)2)32(28,29)26-10-6-5-7-11-26/h8-9,13-15,17H,4-7,10-12H2,1-3H3,(H,25,27)/t17-/m1/s1. The number of piperidine rings is 1. The first kappa shape index (κ1) is 22.6. The van der Waals surface area contributed by atoms with Crippen LogP contribution in [0.15, 0.2) is 35.2 Å². The van der Waals surface area contributed by atoms with Crippen molar-refractivity contribution in [3.63, 3.8) is 0 Å². The van der Waals surface area contributed by atoms with Crippen molar-refractivity contribution in [2.75, 3.05) is 25.0 Å². The van der Waals surface area contributed by atoms with E-state index in [1.165, 1.54) is 10.4 Å². The maximum atomic E-state index is 13.2. The van der Waals surface area contributed by atoms with Gasteiger partial charge in [0.1, 0.15) is 17.6 Å². The molecular formula is C24H30N2O5S. The van der Waals surface area contributed by atoms with Crippen LogP contribution in [0.1, 0.15) is 54.6 Å². The first-order valence-corrected chi connectivity index (χ1v) is 12.6. The summed E-state index contributed by atoms with van der Waals surface area (Å²) in [6.07, 6.45) is 3.62. The third-order valence-corrected chi connectivity index (χ3v) is 7.85. The Kier molecular flexibility index (Phi) is 6.44. The molecule has 2 aromatic carbocycles. The van der Waals surface area contributed by atoms with Crippen molar-refractivity contribution in [1.82, 2.24) is 4.31 Å². The van der Waals surface area contributed by atoms with Crippen molar-refractivity contribution in [2.45, 2.75) is 57.5 Å². The number of rotatable bonds is 6. The van der Waals surface area contributed by atoms with E-state index in [1.807, 2.05) is 19.9 Å². The molecule has 7 nitrogen and oxygen atoms in total. The number of hydrogen-bond donors (Lipinski definition) is 1. The zero-order valence-corrected chi connectivity index (χ0v) is 19.6.